The van der Waals surface area contributed by atoms with Gasteiger partial charge in [0.1, 0.15) is 23.6 Å². The third kappa shape index (κ3) is 7.52. The molecule has 3 unspecified atom stereocenters. The van der Waals surface area contributed by atoms with Crippen LogP contribution in [0.15, 0.2) is 28.7 Å². The molecular weight excluding hydrogens is 664 g/mol. The monoisotopic (exact) mass is 710 g/mol. The first-order valence-corrected chi connectivity index (χ1v) is 17.4. The van der Waals surface area contributed by atoms with E-state index in [-0.39, 0.29) is 48.5 Å². The van der Waals surface area contributed by atoms with E-state index in [0.717, 1.165) is 37.0 Å². The van der Waals surface area contributed by atoms with Gasteiger partial charge in [0.2, 0.25) is 12.7 Å². The minimum absolute atomic E-state index is 0.0746. The molecule has 15 nitrogen and oxygen atoms in total. The number of anilines is 2. The van der Waals surface area contributed by atoms with E-state index in [2.05, 4.69) is 5.32 Å². The summed E-state index contributed by atoms with van der Waals surface area (Å²) in [4.78, 5) is 80.7. The SMILES string of the molecule is CCCCN(CC(=O)Nc1cc(N(C)C)c2c(c1O)C(=O)C1=C(O)C3C(=O)C(C(N)=O)=C(O)CC3CC1C2)C(=O)OCOC(=O)C1CCCCC1. The lowest BCUT2D eigenvalue weighted by Crippen LogP contribution is -2.43. The third-order valence-electron chi connectivity index (χ3n) is 10.3. The molecule has 0 spiro atoms. The number of carbonyl (C=O) groups excluding carboxylic acids is 6. The summed E-state index contributed by atoms with van der Waals surface area (Å²) in [6.45, 7) is 1.01. The molecule has 1 aromatic carbocycles. The van der Waals surface area contributed by atoms with Crippen molar-refractivity contribution in [1.29, 1.82) is 0 Å². The van der Waals surface area contributed by atoms with Gasteiger partial charge in [0.15, 0.2) is 17.3 Å². The van der Waals surface area contributed by atoms with Gasteiger partial charge in [0, 0.05) is 38.3 Å². The van der Waals surface area contributed by atoms with Gasteiger partial charge in [-0.05, 0) is 55.6 Å². The highest BCUT2D eigenvalue weighted by molar-refractivity contribution is 6.22. The summed E-state index contributed by atoms with van der Waals surface area (Å²) in [7, 11) is 3.44. The van der Waals surface area contributed by atoms with Crippen LogP contribution in [0.2, 0.25) is 0 Å². The Labute approximate surface area is 295 Å². The van der Waals surface area contributed by atoms with Crippen molar-refractivity contribution < 1.29 is 53.6 Å². The van der Waals surface area contributed by atoms with E-state index in [1.807, 2.05) is 6.92 Å². The van der Waals surface area contributed by atoms with Crippen molar-refractivity contribution in [1.82, 2.24) is 4.90 Å². The average molecular weight is 711 g/mol. The summed E-state index contributed by atoms with van der Waals surface area (Å²) < 4.78 is 10.3. The molecule has 0 bridgehead atoms. The minimum Gasteiger partial charge on any atom is -0.511 e. The van der Waals surface area contributed by atoms with Crippen molar-refractivity contribution in [3.05, 3.63) is 39.9 Å². The van der Waals surface area contributed by atoms with Crippen molar-refractivity contribution in [2.75, 3.05) is 44.2 Å². The number of nitrogens with one attached hydrogen (secondary N) is 1. The molecule has 51 heavy (non-hydrogen) atoms. The molecule has 4 aliphatic rings. The number of unbranched alkanes of at least 4 members (excludes halogenated alkanes) is 1. The molecule has 0 radical (unpaired) electrons. The number of benzene rings is 1. The van der Waals surface area contributed by atoms with Crippen molar-refractivity contribution in [2.24, 2.45) is 29.4 Å². The number of phenolic OH excluding ortho intramolecular Hbond substituents is 1. The Morgan fingerprint density at radius 3 is 2.37 bits per heavy atom. The maximum atomic E-state index is 14.1. The highest BCUT2D eigenvalue weighted by Crippen LogP contribution is 2.51. The van der Waals surface area contributed by atoms with Crippen LogP contribution in [-0.2, 0) is 35.1 Å². The predicted molar refractivity (Wildman–Crippen MR) is 183 cm³/mol. The van der Waals surface area contributed by atoms with E-state index >= 15 is 0 Å². The number of primary amides is 1. The number of nitrogens with two attached hydrogens (primary N) is 1. The van der Waals surface area contributed by atoms with Gasteiger partial charge in [0.05, 0.1) is 23.1 Å². The lowest BCUT2D eigenvalue weighted by molar-refractivity contribution is -0.158. The second-order valence-corrected chi connectivity index (χ2v) is 13.9. The number of rotatable bonds is 11. The molecule has 4 aliphatic carbocycles. The van der Waals surface area contributed by atoms with Gasteiger partial charge in [0.25, 0.3) is 5.91 Å². The van der Waals surface area contributed by atoms with Crippen LogP contribution in [0, 0.1) is 23.7 Å². The number of ketones is 2. The predicted octanol–water partition coefficient (Wildman–Crippen LogP) is 3.79. The zero-order valence-electron chi connectivity index (χ0n) is 29.2. The molecule has 1 fully saturated rings. The lowest BCUT2D eigenvalue weighted by atomic mass is 9.62. The quantitative estimate of drug-likeness (QED) is 0.0957. The maximum absolute atomic E-state index is 14.1. The Bertz CT molecular complexity index is 1690. The minimum atomic E-state index is -1.26. The molecule has 0 heterocycles. The molecular formula is C36H46N4O11. The van der Waals surface area contributed by atoms with Gasteiger partial charge >= 0.3 is 12.1 Å². The van der Waals surface area contributed by atoms with Crippen molar-refractivity contribution >= 4 is 46.8 Å². The van der Waals surface area contributed by atoms with Crippen molar-refractivity contribution in [2.45, 2.75) is 71.1 Å². The maximum Gasteiger partial charge on any atom is 0.413 e. The van der Waals surface area contributed by atoms with Gasteiger partial charge in [-0.1, -0.05) is 32.6 Å². The molecule has 0 aliphatic heterocycles. The van der Waals surface area contributed by atoms with Crippen LogP contribution in [0.3, 0.4) is 0 Å². The largest absolute Gasteiger partial charge is 0.511 e. The molecule has 1 aromatic rings. The van der Waals surface area contributed by atoms with Crippen LogP contribution in [0.4, 0.5) is 16.2 Å². The number of amides is 3. The number of aromatic hydroxyl groups is 1. The smallest absolute Gasteiger partial charge is 0.413 e. The van der Waals surface area contributed by atoms with Crippen LogP contribution in [0.5, 0.6) is 5.75 Å². The zero-order valence-corrected chi connectivity index (χ0v) is 29.2. The van der Waals surface area contributed by atoms with Crippen LogP contribution in [0.25, 0.3) is 0 Å². The fraction of sp³-hybridized carbons (Fsp3) is 0.556. The second-order valence-electron chi connectivity index (χ2n) is 13.9. The number of hydrogen-bond acceptors (Lipinski definition) is 12. The average Bonchev–Trinajstić information content (AvgIpc) is 3.07. The lowest BCUT2D eigenvalue weighted by Gasteiger charge is -2.41. The van der Waals surface area contributed by atoms with E-state index in [9.17, 15) is 44.1 Å². The Kier molecular flexibility index (Phi) is 11.3. The summed E-state index contributed by atoms with van der Waals surface area (Å²) in [5.41, 5.74) is 5.34. The number of Topliss-reactive ketones (excluding diaryl/α,β-unsaturated/α-hetero) is 2. The molecule has 3 atom stereocenters. The first kappa shape index (κ1) is 37.2. The van der Waals surface area contributed by atoms with Crippen molar-refractivity contribution in [3.8, 4) is 5.75 Å². The summed E-state index contributed by atoms with van der Waals surface area (Å²) in [5.74, 6) is -8.02. The van der Waals surface area contributed by atoms with Gasteiger partial charge in [-0.25, -0.2) is 4.79 Å². The number of aliphatic hydroxyl groups is 2. The van der Waals surface area contributed by atoms with Gasteiger partial charge in [-0.2, -0.15) is 0 Å². The van der Waals surface area contributed by atoms with Crippen LogP contribution < -0.4 is 16.0 Å². The number of carbonyl (C=O) groups is 6. The van der Waals surface area contributed by atoms with Gasteiger partial charge in [-0.15, -0.1) is 0 Å². The second kappa shape index (κ2) is 15.4. The van der Waals surface area contributed by atoms with Crippen LogP contribution in [-0.4, -0.2) is 89.6 Å². The fourth-order valence-electron chi connectivity index (χ4n) is 7.81. The number of aliphatic hydroxyl groups excluding tert-OH is 2. The molecule has 3 amide bonds. The molecule has 6 N–H and O–H groups in total. The summed E-state index contributed by atoms with van der Waals surface area (Å²) in [6, 6.07) is 1.51. The molecule has 1 saturated carbocycles. The molecule has 0 saturated heterocycles. The number of allylic oxidation sites excluding steroid dienone is 3. The van der Waals surface area contributed by atoms with E-state index in [1.165, 1.54) is 6.07 Å². The van der Waals surface area contributed by atoms with E-state index in [1.54, 1.807) is 19.0 Å². The number of esters is 1. The number of fused-ring (bicyclic) bond motifs is 3. The topological polar surface area (TPSA) is 226 Å². The Morgan fingerprint density at radius 2 is 1.73 bits per heavy atom. The van der Waals surface area contributed by atoms with Gasteiger partial charge < -0.3 is 40.7 Å². The van der Waals surface area contributed by atoms with Crippen molar-refractivity contribution in [3.63, 3.8) is 0 Å². The Morgan fingerprint density at radius 1 is 1.02 bits per heavy atom. The fourth-order valence-corrected chi connectivity index (χ4v) is 7.81. The van der Waals surface area contributed by atoms with Gasteiger partial charge in [-0.3, -0.25) is 28.9 Å². The standard InChI is InChI=1S/C36H46N4O11/c1-4-5-11-40(36(49)51-17-50-35(48)18-9-7-6-8-10-18)16-25(42)38-22-15-23(39(2)3)21-13-19-12-20-14-24(41)29(34(37)47)33(46)27(20)31(44)26(19)32(45)28(21)30(22)43/h15,18-20,27,41,43-44H,4-14,16-17H2,1-3H3,(H2,37,47)(H,38,42). The molecule has 5 rings (SSSR count). The molecule has 0 aromatic heterocycles. The highest BCUT2D eigenvalue weighted by atomic mass is 16.7. The normalized spacial score (nSPS) is 21.7. The van der Waals surface area contributed by atoms with E-state index in [4.69, 9.17) is 15.2 Å². The number of nitrogens with zero attached hydrogens (tertiary/aromatic N) is 2. The summed E-state index contributed by atoms with van der Waals surface area (Å²) in [5, 5.41) is 35.8. The van der Waals surface area contributed by atoms with Crippen LogP contribution >= 0.6 is 0 Å². The van der Waals surface area contributed by atoms with E-state index in [0.29, 0.717) is 24.1 Å². The molecule has 276 valence electrons. The zero-order chi connectivity index (χ0) is 37.1. The number of ether oxygens (including phenoxy) is 2. The Hall–Kier alpha value is -5.08. The first-order valence-electron chi connectivity index (χ1n) is 17.4. The highest BCUT2D eigenvalue weighted by Gasteiger charge is 2.50. The number of hydrogen-bond donors (Lipinski definition) is 5. The first-order chi connectivity index (χ1) is 24.2. The summed E-state index contributed by atoms with van der Waals surface area (Å²) in [6.07, 6.45) is 5.17. The third-order valence-corrected chi connectivity index (χ3v) is 10.3. The Balaban J connectivity index is 1.36. The molecule has 15 heteroatoms. The van der Waals surface area contributed by atoms with E-state index < -0.39 is 89.4 Å². The number of phenols is 1. The van der Waals surface area contributed by atoms with Crippen LogP contribution in [0.1, 0.15) is 80.6 Å². The summed E-state index contributed by atoms with van der Waals surface area (Å²) >= 11 is 0.